The number of fused-ring (bicyclic) bond motifs is 1. The van der Waals surface area contributed by atoms with Gasteiger partial charge >= 0.3 is 5.97 Å². The van der Waals surface area contributed by atoms with Gasteiger partial charge in [-0.05, 0) is 19.1 Å². The zero-order valence-corrected chi connectivity index (χ0v) is 11.6. The maximum atomic E-state index is 11.6. The van der Waals surface area contributed by atoms with Crippen molar-refractivity contribution in [2.45, 2.75) is 12.5 Å². The zero-order chi connectivity index (χ0) is 14.0. The second-order valence-corrected chi connectivity index (χ2v) is 5.10. The fourth-order valence-corrected chi connectivity index (χ4v) is 2.39. The molecule has 104 valence electrons. The summed E-state index contributed by atoms with van der Waals surface area (Å²) in [6.45, 7) is 3.33. The first-order valence-corrected chi connectivity index (χ1v) is 6.31. The number of nitrogens with zero attached hydrogens (tertiary/aromatic N) is 2. The summed E-state index contributed by atoms with van der Waals surface area (Å²) < 4.78 is 4.64. The number of carbonyl (C=O) groups is 1. The van der Waals surface area contributed by atoms with E-state index in [2.05, 4.69) is 9.64 Å². The molecule has 0 aliphatic carbocycles. The summed E-state index contributed by atoms with van der Waals surface area (Å²) in [5, 5.41) is 10.2. The van der Waals surface area contributed by atoms with Crippen molar-refractivity contribution < 1.29 is 14.6 Å². The standard InChI is InChI=1S/C14H20N2O3/c1-14(18,13(17)19-3)10-16-9-8-15(2)11-6-4-5-7-12(11)16/h4-7,18H,8-10H2,1-3H3. The van der Waals surface area contributed by atoms with Gasteiger partial charge in [-0.25, -0.2) is 4.79 Å². The van der Waals surface area contributed by atoms with Crippen molar-refractivity contribution in [3.8, 4) is 0 Å². The van der Waals surface area contributed by atoms with Crippen molar-refractivity contribution in [2.24, 2.45) is 0 Å². The minimum atomic E-state index is -1.50. The number of β-amino-alcohol motifs (C(OH)–C–C–N with tert-alkyl or cyclic N) is 1. The van der Waals surface area contributed by atoms with Crippen molar-refractivity contribution in [2.75, 3.05) is 43.6 Å². The van der Waals surface area contributed by atoms with Crippen LogP contribution in [0.3, 0.4) is 0 Å². The third kappa shape index (κ3) is 2.66. The van der Waals surface area contributed by atoms with E-state index < -0.39 is 11.6 Å². The van der Waals surface area contributed by atoms with Crippen LogP contribution in [-0.4, -0.2) is 50.5 Å². The average Bonchev–Trinajstić information content (AvgIpc) is 2.41. The third-order valence-electron chi connectivity index (χ3n) is 3.46. The lowest BCUT2D eigenvalue weighted by molar-refractivity contribution is -0.159. The average molecular weight is 264 g/mol. The Morgan fingerprint density at radius 1 is 1.37 bits per heavy atom. The van der Waals surface area contributed by atoms with Gasteiger partial charge in [0.2, 0.25) is 0 Å². The van der Waals surface area contributed by atoms with Crippen LogP contribution in [0.15, 0.2) is 24.3 Å². The van der Waals surface area contributed by atoms with E-state index in [4.69, 9.17) is 0 Å². The molecule has 2 rings (SSSR count). The Hall–Kier alpha value is -1.75. The molecular formula is C14H20N2O3. The Balaban J connectivity index is 2.24. The number of ether oxygens (including phenoxy) is 1. The van der Waals surface area contributed by atoms with Gasteiger partial charge in [-0.3, -0.25) is 0 Å². The second kappa shape index (κ2) is 5.09. The van der Waals surface area contributed by atoms with Crippen molar-refractivity contribution in [3.63, 3.8) is 0 Å². The summed E-state index contributed by atoms with van der Waals surface area (Å²) in [4.78, 5) is 15.8. The number of para-hydroxylation sites is 2. The van der Waals surface area contributed by atoms with E-state index in [0.717, 1.165) is 24.5 Å². The Morgan fingerprint density at radius 3 is 2.63 bits per heavy atom. The smallest absolute Gasteiger partial charge is 0.339 e. The first kappa shape index (κ1) is 13.7. The number of anilines is 2. The molecule has 5 heteroatoms. The fourth-order valence-electron chi connectivity index (χ4n) is 2.39. The van der Waals surface area contributed by atoms with Crippen LogP contribution < -0.4 is 9.80 Å². The number of esters is 1. The van der Waals surface area contributed by atoms with Gasteiger partial charge in [0.15, 0.2) is 5.60 Å². The second-order valence-electron chi connectivity index (χ2n) is 5.10. The number of hydrogen-bond donors (Lipinski definition) is 1. The number of benzene rings is 1. The molecule has 1 aliphatic rings. The Bertz CT molecular complexity index is 474. The molecule has 0 spiro atoms. The van der Waals surface area contributed by atoms with E-state index in [1.54, 1.807) is 0 Å². The van der Waals surface area contributed by atoms with Crippen molar-refractivity contribution in [1.29, 1.82) is 0 Å². The fraction of sp³-hybridized carbons (Fsp3) is 0.500. The predicted octanol–water partition coefficient (Wildman–Crippen LogP) is 0.867. The van der Waals surface area contributed by atoms with E-state index in [9.17, 15) is 9.90 Å². The summed E-state index contributed by atoms with van der Waals surface area (Å²) in [6, 6.07) is 7.97. The van der Waals surface area contributed by atoms with Gasteiger partial charge in [0.05, 0.1) is 25.0 Å². The molecule has 1 atom stereocenters. The molecule has 1 aromatic carbocycles. The van der Waals surface area contributed by atoms with Crippen LogP contribution in [0.4, 0.5) is 11.4 Å². The van der Waals surface area contributed by atoms with E-state index in [1.165, 1.54) is 14.0 Å². The molecule has 1 aromatic rings. The summed E-state index contributed by atoms with van der Waals surface area (Å²) >= 11 is 0. The number of hydrogen-bond acceptors (Lipinski definition) is 5. The first-order valence-electron chi connectivity index (χ1n) is 6.31. The van der Waals surface area contributed by atoms with Crippen molar-refractivity contribution in [3.05, 3.63) is 24.3 Å². The first-order chi connectivity index (χ1) is 8.95. The zero-order valence-electron chi connectivity index (χ0n) is 11.6. The van der Waals surface area contributed by atoms with Crippen LogP contribution in [0.2, 0.25) is 0 Å². The minimum absolute atomic E-state index is 0.227. The van der Waals surface area contributed by atoms with Crippen LogP contribution in [0.25, 0.3) is 0 Å². The van der Waals surface area contributed by atoms with Gasteiger partial charge in [0, 0.05) is 20.1 Å². The number of carbonyl (C=O) groups excluding carboxylic acids is 1. The third-order valence-corrected chi connectivity index (χ3v) is 3.46. The van der Waals surface area contributed by atoms with Gasteiger partial charge in [-0.2, -0.15) is 0 Å². The Morgan fingerprint density at radius 2 is 2.00 bits per heavy atom. The maximum absolute atomic E-state index is 11.6. The molecular weight excluding hydrogens is 244 g/mol. The van der Waals surface area contributed by atoms with E-state index >= 15 is 0 Å². The molecule has 0 amide bonds. The van der Waals surface area contributed by atoms with Crippen molar-refractivity contribution in [1.82, 2.24) is 0 Å². The lowest BCUT2D eigenvalue weighted by Crippen LogP contribution is -2.51. The predicted molar refractivity (Wildman–Crippen MR) is 74.6 cm³/mol. The molecule has 0 aromatic heterocycles. The lowest BCUT2D eigenvalue weighted by atomic mass is 10.0. The van der Waals surface area contributed by atoms with Crippen LogP contribution >= 0.6 is 0 Å². The molecule has 5 nitrogen and oxygen atoms in total. The maximum Gasteiger partial charge on any atom is 0.339 e. The number of aliphatic hydroxyl groups is 1. The summed E-state index contributed by atoms with van der Waals surface area (Å²) in [7, 11) is 3.32. The molecule has 0 saturated heterocycles. The number of likely N-dealkylation sites (N-methyl/N-ethyl adjacent to an activating group) is 1. The molecule has 1 aliphatic heterocycles. The monoisotopic (exact) mass is 264 g/mol. The van der Waals surface area contributed by atoms with Gasteiger partial charge in [-0.15, -0.1) is 0 Å². The molecule has 0 saturated carbocycles. The Labute approximate surface area is 113 Å². The topological polar surface area (TPSA) is 53.0 Å². The van der Waals surface area contributed by atoms with E-state index in [0.29, 0.717) is 0 Å². The van der Waals surface area contributed by atoms with E-state index in [1.807, 2.05) is 36.2 Å². The molecule has 0 fully saturated rings. The highest BCUT2D eigenvalue weighted by Gasteiger charge is 2.35. The van der Waals surface area contributed by atoms with E-state index in [-0.39, 0.29) is 6.54 Å². The molecule has 19 heavy (non-hydrogen) atoms. The van der Waals surface area contributed by atoms with Crippen LogP contribution in [0.1, 0.15) is 6.92 Å². The van der Waals surface area contributed by atoms with Gasteiger partial charge in [0.25, 0.3) is 0 Å². The van der Waals surface area contributed by atoms with Gasteiger partial charge < -0.3 is 19.6 Å². The van der Waals surface area contributed by atoms with Crippen LogP contribution in [-0.2, 0) is 9.53 Å². The summed E-state index contributed by atoms with van der Waals surface area (Å²) in [5.41, 5.74) is 0.632. The molecule has 0 bridgehead atoms. The minimum Gasteiger partial charge on any atom is -0.467 e. The SMILES string of the molecule is COC(=O)C(C)(O)CN1CCN(C)c2ccccc21. The highest BCUT2D eigenvalue weighted by molar-refractivity contribution is 5.81. The molecule has 1 unspecified atom stereocenters. The number of methoxy groups -OCH3 is 1. The highest BCUT2D eigenvalue weighted by Crippen LogP contribution is 2.32. The normalized spacial score (nSPS) is 17.7. The van der Waals surface area contributed by atoms with Crippen LogP contribution in [0.5, 0.6) is 0 Å². The molecule has 0 radical (unpaired) electrons. The lowest BCUT2D eigenvalue weighted by Gasteiger charge is -2.39. The Kier molecular flexibility index (Phi) is 3.66. The highest BCUT2D eigenvalue weighted by atomic mass is 16.5. The van der Waals surface area contributed by atoms with Gasteiger partial charge in [0.1, 0.15) is 0 Å². The quantitative estimate of drug-likeness (QED) is 0.821. The molecule has 1 N–H and O–H groups in total. The summed E-state index contributed by atoms with van der Waals surface area (Å²) in [6.07, 6.45) is 0. The largest absolute Gasteiger partial charge is 0.467 e. The van der Waals surface area contributed by atoms with Crippen molar-refractivity contribution >= 4 is 17.3 Å². The summed E-state index contributed by atoms with van der Waals surface area (Å²) in [5.74, 6) is -0.607. The number of rotatable bonds is 3. The van der Waals surface area contributed by atoms with Gasteiger partial charge in [-0.1, -0.05) is 12.1 Å². The molecule has 1 heterocycles. The van der Waals surface area contributed by atoms with Crippen LogP contribution in [0, 0.1) is 0 Å².